The minimum Gasteiger partial charge on any atom is -0.497 e. The van der Waals surface area contributed by atoms with Crippen LogP contribution in [0.5, 0.6) is 5.75 Å². The first-order valence-corrected chi connectivity index (χ1v) is 7.94. The van der Waals surface area contributed by atoms with Crippen LogP contribution in [0.25, 0.3) is 31.7 Å². The zero-order valence-electron chi connectivity index (χ0n) is 11.7. The SMILES string of the molecule is COc1ccc2nc(Cl)c(-c3nc4ccccc4s3)cc2c1. The molecule has 3 nitrogen and oxygen atoms in total. The summed E-state index contributed by atoms with van der Waals surface area (Å²) in [6.07, 6.45) is 0. The van der Waals surface area contributed by atoms with Gasteiger partial charge in [0.2, 0.25) is 0 Å². The Balaban J connectivity index is 1.94. The van der Waals surface area contributed by atoms with Crippen molar-refractivity contribution < 1.29 is 4.74 Å². The molecule has 22 heavy (non-hydrogen) atoms. The number of fused-ring (bicyclic) bond motifs is 2. The number of thiazole rings is 1. The van der Waals surface area contributed by atoms with Gasteiger partial charge >= 0.3 is 0 Å². The van der Waals surface area contributed by atoms with Crippen LogP contribution in [0, 0.1) is 0 Å². The van der Waals surface area contributed by atoms with Gasteiger partial charge in [-0.15, -0.1) is 11.3 Å². The predicted octanol–water partition coefficient (Wildman–Crippen LogP) is 5.17. The molecule has 4 aromatic rings. The number of aromatic nitrogens is 2. The number of ether oxygens (including phenoxy) is 1. The summed E-state index contributed by atoms with van der Waals surface area (Å²) in [4.78, 5) is 9.13. The lowest BCUT2D eigenvalue weighted by molar-refractivity contribution is 0.415. The summed E-state index contributed by atoms with van der Waals surface area (Å²) in [6.45, 7) is 0. The molecule has 4 rings (SSSR count). The second-order valence-corrected chi connectivity index (χ2v) is 6.26. The summed E-state index contributed by atoms with van der Waals surface area (Å²) in [5.74, 6) is 0.798. The fourth-order valence-corrected chi connectivity index (χ4v) is 3.67. The summed E-state index contributed by atoms with van der Waals surface area (Å²) in [5.41, 5.74) is 2.67. The number of halogens is 1. The van der Waals surface area contributed by atoms with Crippen LogP contribution in [0.1, 0.15) is 0 Å². The van der Waals surface area contributed by atoms with E-state index < -0.39 is 0 Å². The van der Waals surface area contributed by atoms with Gasteiger partial charge in [0.15, 0.2) is 0 Å². The van der Waals surface area contributed by atoms with Gasteiger partial charge in [-0.2, -0.15) is 0 Å². The first kappa shape index (κ1) is 13.5. The molecule has 0 saturated heterocycles. The van der Waals surface area contributed by atoms with E-state index in [1.807, 2.05) is 42.5 Å². The first-order valence-electron chi connectivity index (χ1n) is 6.75. The third-order valence-electron chi connectivity index (χ3n) is 3.50. The van der Waals surface area contributed by atoms with Crippen LogP contribution < -0.4 is 4.74 Å². The largest absolute Gasteiger partial charge is 0.497 e. The fraction of sp³-hybridized carbons (Fsp3) is 0.0588. The molecule has 2 aromatic heterocycles. The van der Waals surface area contributed by atoms with E-state index in [4.69, 9.17) is 16.3 Å². The highest BCUT2D eigenvalue weighted by Gasteiger charge is 2.12. The number of methoxy groups -OCH3 is 1. The second-order valence-electron chi connectivity index (χ2n) is 4.87. The minimum absolute atomic E-state index is 0.469. The molecule has 5 heteroatoms. The van der Waals surface area contributed by atoms with Gasteiger partial charge in [0.05, 0.1) is 22.8 Å². The Kier molecular flexibility index (Phi) is 3.21. The molecule has 0 spiro atoms. The Morgan fingerprint density at radius 3 is 2.68 bits per heavy atom. The lowest BCUT2D eigenvalue weighted by Gasteiger charge is -2.05. The van der Waals surface area contributed by atoms with Crippen LogP contribution in [0.3, 0.4) is 0 Å². The molecule has 0 aliphatic heterocycles. The Morgan fingerprint density at radius 2 is 1.86 bits per heavy atom. The molecule has 0 bridgehead atoms. The van der Waals surface area contributed by atoms with E-state index in [1.165, 1.54) is 0 Å². The van der Waals surface area contributed by atoms with Crippen molar-refractivity contribution >= 4 is 44.1 Å². The average Bonchev–Trinajstić information content (AvgIpc) is 2.97. The smallest absolute Gasteiger partial charge is 0.140 e. The van der Waals surface area contributed by atoms with Crippen molar-refractivity contribution in [1.82, 2.24) is 9.97 Å². The van der Waals surface area contributed by atoms with Gasteiger partial charge in [-0.25, -0.2) is 9.97 Å². The maximum Gasteiger partial charge on any atom is 0.140 e. The summed E-state index contributed by atoms with van der Waals surface area (Å²) >= 11 is 7.98. The van der Waals surface area contributed by atoms with Crippen molar-refractivity contribution in [2.24, 2.45) is 0 Å². The van der Waals surface area contributed by atoms with Crippen molar-refractivity contribution in [3.63, 3.8) is 0 Å². The summed E-state index contributed by atoms with van der Waals surface area (Å²) in [7, 11) is 1.65. The van der Waals surface area contributed by atoms with Crippen molar-refractivity contribution in [2.75, 3.05) is 7.11 Å². The van der Waals surface area contributed by atoms with E-state index >= 15 is 0 Å². The number of pyridine rings is 1. The molecule has 0 atom stereocenters. The van der Waals surface area contributed by atoms with Gasteiger partial charge in [-0.05, 0) is 36.4 Å². The molecule has 0 saturated carbocycles. The monoisotopic (exact) mass is 326 g/mol. The third kappa shape index (κ3) is 2.21. The minimum atomic E-state index is 0.469. The van der Waals surface area contributed by atoms with Crippen LogP contribution in [-0.2, 0) is 0 Å². The van der Waals surface area contributed by atoms with Crippen molar-refractivity contribution in [3.05, 3.63) is 53.7 Å². The number of rotatable bonds is 2. The van der Waals surface area contributed by atoms with Gasteiger partial charge in [0, 0.05) is 10.9 Å². The maximum atomic E-state index is 6.36. The van der Waals surface area contributed by atoms with Gasteiger partial charge in [-0.3, -0.25) is 0 Å². The zero-order chi connectivity index (χ0) is 15.1. The van der Waals surface area contributed by atoms with E-state index in [0.717, 1.165) is 37.4 Å². The van der Waals surface area contributed by atoms with Crippen molar-refractivity contribution in [2.45, 2.75) is 0 Å². The van der Waals surface area contributed by atoms with E-state index in [9.17, 15) is 0 Å². The molecule has 0 fully saturated rings. The number of hydrogen-bond donors (Lipinski definition) is 0. The van der Waals surface area contributed by atoms with Crippen LogP contribution >= 0.6 is 22.9 Å². The number of para-hydroxylation sites is 1. The van der Waals surface area contributed by atoms with Gasteiger partial charge < -0.3 is 4.74 Å². The molecule has 108 valence electrons. The molecule has 0 unspecified atom stereocenters. The second kappa shape index (κ2) is 5.23. The first-order chi connectivity index (χ1) is 10.7. The quantitative estimate of drug-likeness (QED) is 0.476. The molecule has 0 aliphatic carbocycles. The lowest BCUT2D eigenvalue weighted by Crippen LogP contribution is -1.87. The number of hydrogen-bond acceptors (Lipinski definition) is 4. The third-order valence-corrected chi connectivity index (χ3v) is 4.86. The maximum absolute atomic E-state index is 6.36. The highest BCUT2D eigenvalue weighted by Crippen LogP contribution is 2.35. The van der Waals surface area contributed by atoms with E-state index in [1.54, 1.807) is 18.4 Å². The highest BCUT2D eigenvalue weighted by molar-refractivity contribution is 7.21. The zero-order valence-corrected chi connectivity index (χ0v) is 13.3. The predicted molar refractivity (Wildman–Crippen MR) is 91.9 cm³/mol. The van der Waals surface area contributed by atoms with E-state index in [0.29, 0.717) is 5.15 Å². The van der Waals surface area contributed by atoms with Crippen molar-refractivity contribution in [3.8, 4) is 16.3 Å². The molecule has 2 aromatic carbocycles. The van der Waals surface area contributed by atoms with Crippen LogP contribution in [-0.4, -0.2) is 17.1 Å². The van der Waals surface area contributed by atoms with E-state index in [-0.39, 0.29) is 0 Å². The van der Waals surface area contributed by atoms with Crippen LogP contribution in [0.4, 0.5) is 0 Å². The van der Waals surface area contributed by atoms with Crippen LogP contribution in [0.2, 0.25) is 5.15 Å². The summed E-state index contributed by atoms with van der Waals surface area (Å²) in [6, 6.07) is 15.8. The topological polar surface area (TPSA) is 35.0 Å². The molecule has 0 N–H and O–H groups in total. The Bertz CT molecular complexity index is 963. The molecular formula is C17H11ClN2OS. The normalized spacial score (nSPS) is 11.2. The fourth-order valence-electron chi connectivity index (χ4n) is 2.40. The highest BCUT2D eigenvalue weighted by atomic mass is 35.5. The lowest BCUT2D eigenvalue weighted by atomic mass is 10.1. The molecule has 0 radical (unpaired) electrons. The summed E-state index contributed by atoms with van der Waals surface area (Å²) in [5, 5.41) is 2.33. The Morgan fingerprint density at radius 1 is 1.00 bits per heavy atom. The molecule has 0 aliphatic rings. The Hall–Kier alpha value is -2.17. The van der Waals surface area contributed by atoms with Gasteiger partial charge in [-0.1, -0.05) is 23.7 Å². The summed E-state index contributed by atoms with van der Waals surface area (Å²) < 4.78 is 6.41. The molecular weight excluding hydrogens is 316 g/mol. The Labute approximate surface area is 136 Å². The average molecular weight is 327 g/mol. The molecule has 2 heterocycles. The van der Waals surface area contributed by atoms with E-state index in [2.05, 4.69) is 16.0 Å². The van der Waals surface area contributed by atoms with Crippen LogP contribution in [0.15, 0.2) is 48.5 Å². The van der Waals surface area contributed by atoms with Gasteiger partial charge in [0.25, 0.3) is 0 Å². The molecule has 0 amide bonds. The van der Waals surface area contributed by atoms with Gasteiger partial charge in [0.1, 0.15) is 15.9 Å². The number of benzene rings is 2. The van der Waals surface area contributed by atoms with Crippen molar-refractivity contribution in [1.29, 1.82) is 0 Å². The number of nitrogens with zero attached hydrogens (tertiary/aromatic N) is 2. The standard InChI is InChI=1S/C17H11ClN2OS/c1-21-11-6-7-13-10(8-11)9-12(16(18)19-13)17-20-14-4-2-3-5-15(14)22-17/h2-9H,1H3.